The predicted octanol–water partition coefficient (Wildman–Crippen LogP) is 2.12. The molecule has 6 fully saturated rings. The normalized spacial score (nSPS) is 79.7. The average Bonchev–Trinajstić information content (AvgIpc) is 2.22. The van der Waals surface area contributed by atoms with E-state index in [-0.39, 0.29) is 0 Å². The summed E-state index contributed by atoms with van der Waals surface area (Å²) in [7, 11) is 0. The molecule has 0 aromatic heterocycles. The molecule has 2 N–H and O–H groups in total. The van der Waals surface area contributed by atoms with Crippen LogP contribution in [-0.4, -0.2) is 6.54 Å². The molecule has 6 rings (SSSR count). The monoisotopic (exact) mass is 215 g/mol. The predicted molar refractivity (Wildman–Crippen MR) is 61.4 cm³/mol. The first-order chi connectivity index (χ1) is 7.89. The molecule has 1 nitrogen and oxygen atoms in total. The molecule has 6 aliphatic carbocycles. The second kappa shape index (κ2) is 2.02. The quantitative estimate of drug-likeness (QED) is 0.666. The van der Waals surface area contributed by atoms with Crippen LogP contribution in [0.4, 0.5) is 0 Å². The van der Waals surface area contributed by atoms with Crippen LogP contribution >= 0.6 is 0 Å². The summed E-state index contributed by atoms with van der Waals surface area (Å²) < 4.78 is 0. The van der Waals surface area contributed by atoms with Gasteiger partial charge >= 0.3 is 0 Å². The van der Waals surface area contributed by atoms with Gasteiger partial charge in [-0.1, -0.05) is 0 Å². The lowest BCUT2D eigenvalue weighted by Crippen LogP contribution is -2.91. The van der Waals surface area contributed by atoms with Crippen LogP contribution in [0.3, 0.4) is 0 Å². The standard InChI is InChI=1S/C15H21N/c16-5-15-12-8-3-1-6(8)10(12)14(15)11-7-2-4-9(7)13(11)15/h6-14H,1-5,16H2. The lowest BCUT2D eigenvalue weighted by molar-refractivity contribution is -0.459. The van der Waals surface area contributed by atoms with Crippen LogP contribution < -0.4 is 5.73 Å². The molecule has 0 saturated heterocycles. The van der Waals surface area contributed by atoms with Crippen molar-refractivity contribution in [2.24, 2.45) is 64.4 Å². The summed E-state index contributed by atoms with van der Waals surface area (Å²) in [6.45, 7) is 1.05. The molecule has 16 heavy (non-hydrogen) atoms. The minimum absolute atomic E-state index is 0.721. The van der Waals surface area contributed by atoms with Gasteiger partial charge in [-0.3, -0.25) is 0 Å². The lowest BCUT2D eigenvalue weighted by Gasteiger charge is -2.93. The molecule has 0 spiro atoms. The molecule has 0 aliphatic heterocycles. The molecule has 86 valence electrons. The van der Waals surface area contributed by atoms with Crippen molar-refractivity contribution in [2.75, 3.05) is 6.54 Å². The van der Waals surface area contributed by atoms with Crippen LogP contribution in [0, 0.1) is 58.7 Å². The van der Waals surface area contributed by atoms with E-state index in [1.165, 1.54) is 23.7 Å². The smallest absolute Gasteiger partial charge is 0.00119 e. The fraction of sp³-hybridized carbons (Fsp3) is 1.00. The summed E-state index contributed by atoms with van der Waals surface area (Å²) in [5, 5.41) is 0. The molecule has 0 heterocycles. The van der Waals surface area contributed by atoms with Gasteiger partial charge in [0.2, 0.25) is 0 Å². The first-order valence-corrected chi connectivity index (χ1v) is 7.59. The Morgan fingerprint density at radius 1 is 0.750 bits per heavy atom. The van der Waals surface area contributed by atoms with Gasteiger partial charge in [-0.25, -0.2) is 0 Å². The van der Waals surface area contributed by atoms with E-state index in [4.69, 9.17) is 5.73 Å². The van der Waals surface area contributed by atoms with Gasteiger partial charge in [0.15, 0.2) is 0 Å². The molecule has 6 aliphatic rings. The van der Waals surface area contributed by atoms with Crippen molar-refractivity contribution in [3.05, 3.63) is 0 Å². The van der Waals surface area contributed by atoms with Gasteiger partial charge in [-0.05, 0) is 90.9 Å². The van der Waals surface area contributed by atoms with E-state index in [1.54, 1.807) is 25.7 Å². The van der Waals surface area contributed by atoms with Crippen molar-refractivity contribution in [3.8, 4) is 0 Å². The van der Waals surface area contributed by atoms with Crippen LogP contribution in [-0.2, 0) is 0 Å². The van der Waals surface area contributed by atoms with Crippen LogP contribution in [0.1, 0.15) is 25.7 Å². The third-order valence-corrected chi connectivity index (χ3v) is 8.55. The van der Waals surface area contributed by atoms with E-state index in [9.17, 15) is 0 Å². The highest BCUT2D eigenvalue weighted by atomic mass is 15.0. The van der Waals surface area contributed by atoms with Crippen molar-refractivity contribution in [1.82, 2.24) is 0 Å². The largest absolute Gasteiger partial charge is 0.330 e. The first-order valence-electron chi connectivity index (χ1n) is 7.59. The summed E-state index contributed by atoms with van der Waals surface area (Å²) in [5.41, 5.74) is 6.97. The van der Waals surface area contributed by atoms with E-state index >= 15 is 0 Å². The number of rotatable bonds is 1. The molecular formula is C15H21N. The maximum absolute atomic E-state index is 6.25. The van der Waals surface area contributed by atoms with Crippen molar-refractivity contribution >= 4 is 0 Å². The summed E-state index contributed by atoms with van der Waals surface area (Å²) in [4.78, 5) is 0. The summed E-state index contributed by atoms with van der Waals surface area (Å²) >= 11 is 0. The highest BCUT2D eigenvalue weighted by Crippen LogP contribution is 2.92. The fourth-order valence-electron chi connectivity index (χ4n) is 8.07. The minimum Gasteiger partial charge on any atom is -0.330 e. The minimum atomic E-state index is 0.721. The summed E-state index contributed by atoms with van der Waals surface area (Å²) in [5.74, 6) is 10.5. The third kappa shape index (κ3) is 0.466. The van der Waals surface area contributed by atoms with Crippen LogP contribution in [0.25, 0.3) is 0 Å². The Balaban J connectivity index is 1.44. The Kier molecular flexibility index (Phi) is 1.03. The van der Waals surface area contributed by atoms with Crippen molar-refractivity contribution in [3.63, 3.8) is 0 Å². The van der Waals surface area contributed by atoms with E-state index < -0.39 is 0 Å². The van der Waals surface area contributed by atoms with Crippen molar-refractivity contribution in [2.45, 2.75) is 25.7 Å². The Labute approximate surface area is 97.2 Å². The average molecular weight is 215 g/mol. The molecule has 1 heteroatoms. The van der Waals surface area contributed by atoms with E-state index in [0.29, 0.717) is 0 Å². The number of hydrogen-bond donors (Lipinski definition) is 1. The van der Waals surface area contributed by atoms with Gasteiger partial charge in [0.25, 0.3) is 0 Å². The Hall–Kier alpha value is -0.0400. The Bertz CT molecular complexity index is 370. The van der Waals surface area contributed by atoms with Crippen molar-refractivity contribution < 1.29 is 0 Å². The van der Waals surface area contributed by atoms with E-state index in [2.05, 4.69) is 0 Å². The van der Waals surface area contributed by atoms with Gasteiger partial charge in [-0.2, -0.15) is 0 Å². The molecule has 6 saturated carbocycles. The fourth-order valence-corrected chi connectivity index (χ4v) is 8.07. The highest BCUT2D eigenvalue weighted by molar-refractivity contribution is 5.36. The molecule has 8 unspecified atom stereocenters. The molecular weight excluding hydrogens is 194 g/mol. The Morgan fingerprint density at radius 2 is 1.25 bits per heavy atom. The molecule has 0 bridgehead atoms. The van der Waals surface area contributed by atoms with Crippen LogP contribution in [0.2, 0.25) is 0 Å². The summed E-state index contributed by atoms with van der Waals surface area (Å²) in [6.07, 6.45) is 6.28. The molecule has 0 amide bonds. The number of fused-ring (bicyclic) bond motifs is 13. The highest BCUT2D eigenvalue weighted by Gasteiger charge is 2.89. The zero-order valence-corrected chi connectivity index (χ0v) is 9.81. The number of hydrogen-bond acceptors (Lipinski definition) is 1. The SMILES string of the molecule is NCC12C3C4CCC4C3C1C1C3CCC3C12. The molecule has 8 atom stereocenters. The van der Waals surface area contributed by atoms with Gasteiger partial charge < -0.3 is 5.73 Å². The molecule has 0 radical (unpaired) electrons. The lowest BCUT2D eigenvalue weighted by atomic mass is 9.11. The topological polar surface area (TPSA) is 26.0 Å². The van der Waals surface area contributed by atoms with Crippen LogP contribution in [0.5, 0.6) is 0 Å². The zero-order valence-electron chi connectivity index (χ0n) is 9.81. The van der Waals surface area contributed by atoms with Gasteiger partial charge in [0, 0.05) is 0 Å². The number of nitrogens with two attached hydrogens (primary N) is 1. The first kappa shape index (κ1) is 8.13. The maximum atomic E-state index is 6.25. The third-order valence-electron chi connectivity index (χ3n) is 8.55. The van der Waals surface area contributed by atoms with Gasteiger partial charge in [-0.15, -0.1) is 0 Å². The van der Waals surface area contributed by atoms with E-state index in [1.807, 2.05) is 0 Å². The van der Waals surface area contributed by atoms with Crippen molar-refractivity contribution in [1.29, 1.82) is 0 Å². The Morgan fingerprint density at radius 3 is 1.62 bits per heavy atom. The van der Waals surface area contributed by atoms with Gasteiger partial charge in [0.1, 0.15) is 0 Å². The second-order valence-electron chi connectivity index (χ2n) is 7.86. The summed E-state index contributed by atoms with van der Waals surface area (Å²) in [6, 6.07) is 0. The molecule has 0 aromatic rings. The van der Waals surface area contributed by atoms with Crippen LogP contribution in [0.15, 0.2) is 0 Å². The van der Waals surface area contributed by atoms with E-state index in [0.717, 1.165) is 41.5 Å². The zero-order chi connectivity index (χ0) is 10.2. The molecule has 0 aromatic carbocycles. The maximum Gasteiger partial charge on any atom is -0.00119 e. The van der Waals surface area contributed by atoms with Gasteiger partial charge in [0.05, 0.1) is 0 Å². The second-order valence-corrected chi connectivity index (χ2v) is 7.86.